The van der Waals surface area contributed by atoms with Crippen molar-refractivity contribution in [2.75, 3.05) is 37.4 Å². The van der Waals surface area contributed by atoms with E-state index in [0.29, 0.717) is 0 Å². The Morgan fingerprint density at radius 1 is 1.53 bits per heavy atom. The molecule has 19 heavy (non-hydrogen) atoms. The summed E-state index contributed by atoms with van der Waals surface area (Å²) in [5.41, 5.74) is 3.80. The molecule has 2 rings (SSSR count). The molecule has 0 aliphatic carbocycles. The number of rotatable bonds is 4. The van der Waals surface area contributed by atoms with Gasteiger partial charge < -0.3 is 15.5 Å². The Balaban J connectivity index is 2.15. The van der Waals surface area contributed by atoms with Crippen LogP contribution in [0.2, 0.25) is 0 Å². The van der Waals surface area contributed by atoms with Crippen LogP contribution in [-0.2, 0) is 11.2 Å². The normalized spacial score (nSPS) is 15.1. The third-order valence-electron chi connectivity index (χ3n) is 3.71. The molecule has 0 aromatic heterocycles. The van der Waals surface area contributed by atoms with Gasteiger partial charge in [0.15, 0.2) is 0 Å². The Kier molecular flexibility index (Phi) is 4.30. The number of hydrogen-bond acceptors (Lipinski definition) is 3. The summed E-state index contributed by atoms with van der Waals surface area (Å²) < 4.78 is 0. The quantitative estimate of drug-likeness (QED) is 0.869. The molecule has 4 nitrogen and oxygen atoms in total. The molecule has 1 amide bonds. The average molecular weight is 261 g/mol. The van der Waals surface area contributed by atoms with Crippen LogP contribution in [0.25, 0.3) is 0 Å². The largest absolute Gasteiger partial charge is 0.383 e. The van der Waals surface area contributed by atoms with Gasteiger partial charge in [0, 0.05) is 27.2 Å². The SMILES string of the molecule is CNC(=O)C(C)CN(C)c1cccc2c1NCCC2. The predicted octanol–water partition coefficient (Wildman–Crippen LogP) is 1.86. The average Bonchev–Trinajstić information content (AvgIpc) is 2.45. The van der Waals surface area contributed by atoms with E-state index >= 15 is 0 Å². The highest BCUT2D eigenvalue weighted by Crippen LogP contribution is 2.32. The number of anilines is 2. The molecule has 2 N–H and O–H groups in total. The van der Waals surface area contributed by atoms with Crippen molar-refractivity contribution < 1.29 is 4.79 Å². The molecular weight excluding hydrogens is 238 g/mol. The summed E-state index contributed by atoms with van der Waals surface area (Å²) >= 11 is 0. The molecule has 1 aromatic carbocycles. The van der Waals surface area contributed by atoms with Crippen molar-refractivity contribution in [3.05, 3.63) is 23.8 Å². The summed E-state index contributed by atoms with van der Waals surface area (Å²) in [6.07, 6.45) is 2.32. The van der Waals surface area contributed by atoms with Crippen molar-refractivity contribution in [2.45, 2.75) is 19.8 Å². The molecule has 1 atom stereocenters. The fourth-order valence-corrected chi connectivity index (χ4v) is 2.65. The molecule has 0 spiro atoms. The zero-order valence-electron chi connectivity index (χ0n) is 12.0. The van der Waals surface area contributed by atoms with E-state index in [0.717, 1.165) is 19.5 Å². The molecule has 4 heteroatoms. The second-order valence-corrected chi connectivity index (χ2v) is 5.24. The summed E-state index contributed by atoms with van der Waals surface area (Å²) in [5, 5.41) is 6.19. The molecule has 0 saturated carbocycles. The highest BCUT2D eigenvalue weighted by atomic mass is 16.1. The van der Waals surface area contributed by atoms with Gasteiger partial charge in [-0.2, -0.15) is 0 Å². The van der Waals surface area contributed by atoms with Crippen molar-refractivity contribution in [1.82, 2.24) is 5.32 Å². The number of para-hydroxylation sites is 1. The Bertz CT molecular complexity index is 459. The lowest BCUT2D eigenvalue weighted by Gasteiger charge is -2.28. The van der Waals surface area contributed by atoms with Crippen LogP contribution in [0.15, 0.2) is 18.2 Å². The topological polar surface area (TPSA) is 44.4 Å². The number of nitrogens with zero attached hydrogens (tertiary/aromatic N) is 1. The fraction of sp³-hybridized carbons (Fsp3) is 0.533. The van der Waals surface area contributed by atoms with Gasteiger partial charge in [-0.15, -0.1) is 0 Å². The van der Waals surface area contributed by atoms with E-state index in [1.54, 1.807) is 7.05 Å². The van der Waals surface area contributed by atoms with Gasteiger partial charge in [-0.05, 0) is 24.5 Å². The van der Waals surface area contributed by atoms with E-state index in [4.69, 9.17) is 0 Å². The van der Waals surface area contributed by atoms with Crippen LogP contribution in [0, 0.1) is 5.92 Å². The van der Waals surface area contributed by atoms with Gasteiger partial charge in [0.25, 0.3) is 0 Å². The molecule has 0 radical (unpaired) electrons. The number of amides is 1. The van der Waals surface area contributed by atoms with E-state index < -0.39 is 0 Å². The maximum Gasteiger partial charge on any atom is 0.224 e. The van der Waals surface area contributed by atoms with Crippen molar-refractivity contribution in [2.24, 2.45) is 5.92 Å². The minimum absolute atomic E-state index is 0.0190. The molecule has 1 heterocycles. The monoisotopic (exact) mass is 261 g/mol. The van der Waals surface area contributed by atoms with Crippen molar-refractivity contribution in [1.29, 1.82) is 0 Å². The lowest BCUT2D eigenvalue weighted by molar-refractivity contribution is -0.123. The summed E-state index contributed by atoms with van der Waals surface area (Å²) in [4.78, 5) is 13.8. The number of hydrogen-bond donors (Lipinski definition) is 2. The number of benzene rings is 1. The molecule has 1 unspecified atom stereocenters. The molecule has 1 aromatic rings. The van der Waals surface area contributed by atoms with E-state index in [1.807, 2.05) is 14.0 Å². The van der Waals surface area contributed by atoms with Crippen LogP contribution < -0.4 is 15.5 Å². The van der Waals surface area contributed by atoms with Crippen LogP contribution in [0.5, 0.6) is 0 Å². The first kappa shape index (κ1) is 13.7. The van der Waals surface area contributed by atoms with E-state index in [-0.39, 0.29) is 11.8 Å². The molecule has 0 fully saturated rings. The van der Waals surface area contributed by atoms with E-state index in [1.165, 1.54) is 23.4 Å². The lowest BCUT2D eigenvalue weighted by atomic mass is 10.0. The summed E-state index contributed by atoms with van der Waals surface area (Å²) in [7, 11) is 3.73. The van der Waals surface area contributed by atoms with E-state index in [2.05, 4.69) is 33.7 Å². The van der Waals surface area contributed by atoms with Crippen molar-refractivity contribution >= 4 is 17.3 Å². The molecule has 0 bridgehead atoms. The fourth-order valence-electron chi connectivity index (χ4n) is 2.65. The van der Waals surface area contributed by atoms with Crippen LogP contribution in [0.1, 0.15) is 18.9 Å². The third kappa shape index (κ3) is 3.00. The first-order valence-corrected chi connectivity index (χ1v) is 6.92. The van der Waals surface area contributed by atoms with Gasteiger partial charge in [-0.25, -0.2) is 0 Å². The molecule has 0 saturated heterocycles. The Morgan fingerprint density at radius 3 is 3.05 bits per heavy atom. The van der Waals surface area contributed by atoms with Crippen molar-refractivity contribution in [3.63, 3.8) is 0 Å². The van der Waals surface area contributed by atoms with Gasteiger partial charge >= 0.3 is 0 Å². The van der Waals surface area contributed by atoms with Crippen molar-refractivity contribution in [3.8, 4) is 0 Å². The minimum Gasteiger partial charge on any atom is -0.383 e. The van der Waals surface area contributed by atoms with Crippen LogP contribution >= 0.6 is 0 Å². The smallest absolute Gasteiger partial charge is 0.224 e. The maximum atomic E-state index is 11.6. The van der Waals surface area contributed by atoms with Crippen LogP contribution in [0.4, 0.5) is 11.4 Å². The van der Waals surface area contributed by atoms with E-state index in [9.17, 15) is 4.79 Å². The van der Waals surface area contributed by atoms with Crippen LogP contribution in [-0.4, -0.2) is 33.1 Å². The predicted molar refractivity (Wildman–Crippen MR) is 79.8 cm³/mol. The van der Waals surface area contributed by atoms with Gasteiger partial charge in [0.2, 0.25) is 5.91 Å². The number of carbonyl (C=O) groups excluding carboxylic acids is 1. The van der Waals surface area contributed by atoms with Gasteiger partial charge in [-0.1, -0.05) is 19.1 Å². The molecular formula is C15H23N3O. The number of carbonyl (C=O) groups is 1. The van der Waals surface area contributed by atoms with Gasteiger partial charge in [0.05, 0.1) is 17.3 Å². The Hall–Kier alpha value is -1.71. The summed E-state index contributed by atoms with van der Waals surface area (Å²) in [6.45, 7) is 3.71. The summed E-state index contributed by atoms with van der Waals surface area (Å²) in [6, 6.07) is 6.40. The number of fused-ring (bicyclic) bond motifs is 1. The standard InChI is InChI=1S/C15H23N3O/c1-11(15(19)16-2)10-18(3)13-8-4-6-12-7-5-9-17-14(12)13/h4,6,8,11,17H,5,7,9-10H2,1-3H3,(H,16,19). The first-order valence-electron chi connectivity index (χ1n) is 6.92. The third-order valence-corrected chi connectivity index (χ3v) is 3.71. The Labute approximate surface area is 115 Å². The minimum atomic E-state index is -0.0190. The highest BCUT2D eigenvalue weighted by molar-refractivity contribution is 5.79. The number of aryl methyl sites for hydroxylation is 1. The number of nitrogens with one attached hydrogen (secondary N) is 2. The zero-order valence-corrected chi connectivity index (χ0v) is 12.0. The lowest BCUT2D eigenvalue weighted by Crippen LogP contribution is -2.34. The summed E-state index contributed by atoms with van der Waals surface area (Å²) in [5.74, 6) is 0.0686. The highest BCUT2D eigenvalue weighted by Gasteiger charge is 2.18. The zero-order chi connectivity index (χ0) is 13.8. The first-order chi connectivity index (χ1) is 9.13. The van der Waals surface area contributed by atoms with Gasteiger partial charge in [-0.3, -0.25) is 4.79 Å². The molecule has 1 aliphatic rings. The molecule has 1 aliphatic heterocycles. The van der Waals surface area contributed by atoms with Gasteiger partial charge in [0.1, 0.15) is 0 Å². The second-order valence-electron chi connectivity index (χ2n) is 5.24. The van der Waals surface area contributed by atoms with Crippen LogP contribution in [0.3, 0.4) is 0 Å². The second kappa shape index (κ2) is 5.95. The maximum absolute atomic E-state index is 11.6. The molecule has 104 valence electrons. The Morgan fingerprint density at radius 2 is 2.32 bits per heavy atom.